The summed E-state index contributed by atoms with van der Waals surface area (Å²) < 4.78 is 11.3. The zero-order valence-electron chi connectivity index (χ0n) is 15.3. The molecule has 1 saturated heterocycles. The minimum atomic E-state index is -0.207. The summed E-state index contributed by atoms with van der Waals surface area (Å²) in [6.45, 7) is 4.05. The summed E-state index contributed by atoms with van der Waals surface area (Å²) in [4.78, 5) is 6.07. The molecule has 2 aliphatic rings. The fraction of sp³-hybridized carbons (Fsp3) is 0.600. The SMILES string of the molecule is COc1ccc2[nH]c(CN3CC[C@]4(OC)CC[C@@H](O)C[C@H]34)c(C)c2c1. The average molecular weight is 344 g/mol. The zero-order chi connectivity index (χ0) is 17.6. The molecular weight excluding hydrogens is 316 g/mol. The quantitative estimate of drug-likeness (QED) is 0.895. The molecule has 1 aromatic carbocycles. The van der Waals surface area contributed by atoms with Gasteiger partial charge in [-0.3, -0.25) is 4.90 Å². The predicted octanol–water partition coefficient (Wildman–Crippen LogP) is 2.99. The van der Waals surface area contributed by atoms with Gasteiger partial charge in [0.15, 0.2) is 0 Å². The number of aromatic nitrogens is 1. The van der Waals surface area contributed by atoms with Crippen molar-refractivity contribution in [2.24, 2.45) is 0 Å². The number of nitrogens with one attached hydrogen (secondary N) is 1. The lowest BCUT2D eigenvalue weighted by Gasteiger charge is -2.42. The van der Waals surface area contributed by atoms with Crippen LogP contribution in [0.1, 0.15) is 36.9 Å². The highest BCUT2D eigenvalue weighted by Gasteiger charge is 2.50. The average Bonchev–Trinajstić information content (AvgIpc) is 3.14. The summed E-state index contributed by atoms with van der Waals surface area (Å²) >= 11 is 0. The Morgan fingerprint density at radius 1 is 1.32 bits per heavy atom. The first-order chi connectivity index (χ1) is 12.1. The molecule has 0 radical (unpaired) electrons. The number of hydrogen-bond donors (Lipinski definition) is 2. The van der Waals surface area contributed by atoms with Crippen molar-refractivity contribution in [3.05, 3.63) is 29.5 Å². The number of aromatic amines is 1. The zero-order valence-corrected chi connectivity index (χ0v) is 15.3. The Hall–Kier alpha value is -1.56. The van der Waals surface area contributed by atoms with E-state index in [2.05, 4.69) is 28.9 Å². The van der Waals surface area contributed by atoms with Crippen molar-refractivity contribution in [1.82, 2.24) is 9.88 Å². The predicted molar refractivity (Wildman–Crippen MR) is 98.0 cm³/mol. The van der Waals surface area contributed by atoms with Crippen molar-refractivity contribution in [3.8, 4) is 5.75 Å². The van der Waals surface area contributed by atoms with Crippen molar-refractivity contribution in [3.63, 3.8) is 0 Å². The number of benzene rings is 1. The summed E-state index contributed by atoms with van der Waals surface area (Å²) in [5.41, 5.74) is 3.59. The van der Waals surface area contributed by atoms with E-state index in [-0.39, 0.29) is 11.7 Å². The molecule has 0 bridgehead atoms. The maximum Gasteiger partial charge on any atom is 0.119 e. The summed E-state index contributed by atoms with van der Waals surface area (Å²) in [6.07, 6.45) is 3.45. The Morgan fingerprint density at radius 2 is 2.16 bits per heavy atom. The van der Waals surface area contributed by atoms with E-state index >= 15 is 0 Å². The Bertz CT molecular complexity index is 772. The van der Waals surface area contributed by atoms with Crippen LogP contribution in [-0.4, -0.2) is 53.5 Å². The molecule has 0 unspecified atom stereocenters. The summed E-state index contributed by atoms with van der Waals surface area (Å²) in [5, 5.41) is 11.4. The van der Waals surface area contributed by atoms with Gasteiger partial charge in [-0.1, -0.05) is 0 Å². The third kappa shape index (κ3) is 2.75. The third-order valence-electron chi connectivity index (χ3n) is 6.40. The van der Waals surface area contributed by atoms with Gasteiger partial charge < -0.3 is 19.6 Å². The first-order valence-electron chi connectivity index (χ1n) is 9.19. The van der Waals surface area contributed by atoms with Crippen LogP contribution in [0.2, 0.25) is 0 Å². The van der Waals surface area contributed by atoms with E-state index in [1.807, 2.05) is 13.2 Å². The van der Waals surface area contributed by atoms with E-state index in [9.17, 15) is 5.11 Å². The second-order valence-electron chi connectivity index (χ2n) is 7.57. The van der Waals surface area contributed by atoms with Gasteiger partial charge in [-0.05, 0) is 56.4 Å². The lowest BCUT2D eigenvalue weighted by Crippen LogP contribution is -2.51. The number of hydrogen-bond acceptors (Lipinski definition) is 4. The first-order valence-corrected chi connectivity index (χ1v) is 9.19. The van der Waals surface area contributed by atoms with Gasteiger partial charge in [0.1, 0.15) is 5.75 Å². The Balaban J connectivity index is 1.62. The second kappa shape index (κ2) is 6.31. The van der Waals surface area contributed by atoms with Crippen LogP contribution in [0.4, 0.5) is 0 Å². The van der Waals surface area contributed by atoms with E-state index in [0.717, 1.165) is 50.0 Å². The monoisotopic (exact) mass is 344 g/mol. The summed E-state index contributed by atoms with van der Waals surface area (Å²) in [6, 6.07) is 6.46. The molecule has 25 heavy (non-hydrogen) atoms. The molecule has 0 spiro atoms. The van der Waals surface area contributed by atoms with Crippen LogP contribution in [0.3, 0.4) is 0 Å². The van der Waals surface area contributed by atoms with Gasteiger partial charge >= 0.3 is 0 Å². The normalized spacial score (nSPS) is 29.9. The third-order valence-corrected chi connectivity index (χ3v) is 6.40. The van der Waals surface area contributed by atoms with E-state index in [4.69, 9.17) is 9.47 Å². The molecule has 1 aliphatic carbocycles. The molecule has 1 aliphatic heterocycles. The van der Waals surface area contributed by atoms with Crippen LogP contribution >= 0.6 is 0 Å². The number of H-pyrrole nitrogens is 1. The Kier molecular flexibility index (Phi) is 4.26. The second-order valence-corrected chi connectivity index (χ2v) is 7.57. The maximum atomic E-state index is 10.2. The van der Waals surface area contributed by atoms with Crippen LogP contribution in [-0.2, 0) is 11.3 Å². The minimum Gasteiger partial charge on any atom is -0.497 e. The van der Waals surface area contributed by atoms with Gasteiger partial charge in [0, 0.05) is 42.8 Å². The van der Waals surface area contributed by atoms with E-state index < -0.39 is 0 Å². The number of aliphatic hydroxyl groups is 1. The molecule has 136 valence electrons. The standard InChI is InChI=1S/C20H28N2O3/c1-13-16-11-15(24-2)4-5-17(16)21-18(13)12-22-9-8-20(25-3)7-6-14(23)10-19(20)22/h4-5,11,14,19,21,23H,6-10,12H2,1-3H3/t14-,19+,20-/m1/s1. The molecule has 2 heterocycles. The largest absolute Gasteiger partial charge is 0.497 e. The number of rotatable bonds is 4. The number of aliphatic hydroxyl groups excluding tert-OH is 1. The van der Waals surface area contributed by atoms with Gasteiger partial charge in [0.2, 0.25) is 0 Å². The smallest absolute Gasteiger partial charge is 0.119 e. The summed E-state index contributed by atoms with van der Waals surface area (Å²) in [5.74, 6) is 0.885. The van der Waals surface area contributed by atoms with Gasteiger partial charge in [0.05, 0.1) is 18.8 Å². The number of fused-ring (bicyclic) bond motifs is 2. The Morgan fingerprint density at radius 3 is 2.92 bits per heavy atom. The molecule has 5 nitrogen and oxygen atoms in total. The van der Waals surface area contributed by atoms with E-state index in [0.29, 0.717) is 6.04 Å². The highest BCUT2D eigenvalue weighted by atomic mass is 16.5. The van der Waals surface area contributed by atoms with Crippen molar-refractivity contribution in [2.75, 3.05) is 20.8 Å². The summed E-state index contributed by atoms with van der Waals surface area (Å²) in [7, 11) is 3.53. The van der Waals surface area contributed by atoms with Crippen molar-refractivity contribution in [2.45, 2.75) is 56.9 Å². The van der Waals surface area contributed by atoms with Crippen LogP contribution in [0, 0.1) is 6.92 Å². The van der Waals surface area contributed by atoms with E-state index in [1.165, 1.54) is 16.6 Å². The molecule has 5 heteroatoms. The molecule has 0 amide bonds. The Labute approximate surface area is 148 Å². The molecule has 2 N–H and O–H groups in total. The molecule has 4 rings (SSSR count). The topological polar surface area (TPSA) is 57.7 Å². The van der Waals surface area contributed by atoms with E-state index in [1.54, 1.807) is 7.11 Å². The van der Waals surface area contributed by atoms with Crippen molar-refractivity contribution in [1.29, 1.82) is 0 Å². The van der Waals surface area contributed by atoms with Crippen LogP contribution in [0.5, 0.6) is 5.75 Å². The molecule has 1 aromatic heterocycles. The minimum absolute atomic E-state index is 0.0810. The lowest BCUT2D eigenvalue weighted by atomic mass is 9.79. The number of aryl methyl sites for hydroxylation is 1. The fourth-order valence-corrected chi connectivity index (χ4v) is 4.81. The van der Waals surface area contributed by atoms with Crippen LogP contribution in [0.15, 0.2) is 18.2 Å². The highest BCUT2D eigenvalue weighted by Crippen LogP contribution is 2.43. The molecule has 2 aromatic rings. The molecular formula is C20H28N2O3. The lowest BCUT2D eigenvalue weighted by molar-refractivity contribution is -0.0880. The van der Waals surface area contributed by atoms with Crippen molar-refractivity contribution >= 4 is 10.9 Å². The molecule has 3 atom stereocenters. The maximum absolute atomic E-state index is 10.2. The van der Waals surface area contributed by atoms with Gasteiger partial charge in [-0.25, -0.2) is 0 Å². The first kappa shape index (κ1) is 16.9. The van der Waals surface area contributed by atoms with Gasteiger partial charge in [0.25, 0.3) is 0 Å². The highest BCUT2D eigenvalue weighted by molar-refractivity contribution is 5.85. The number of methoxy groups -OCH3 is 2. The van der Waals surface area contributed by atoms with Crippen LogP contribution in [0.25, 0.3) is 10.9 Å². The van der Waals surface area contributed by atoms with Crippen molar-refractivity contribution < 1.29 is 14.6 Å². The van der Waals surface area contributed by atoms with Gasteiger partial charge in [-0.2, -0.15) is 0 Å². The molecule has 2 fully saturated rings. The van der Waals surface area contributed by atoms with Crippen LogP contribution < -0.4 is 4.74 Å². The van der Waals surface area contributed by atoms with Gasteiger partial charge in [-0.15, -0.1) is 0 Å². The number of nitrogens with zero attached hydrogens (tertiary/aromatic N) is 1. The number of likely N-dealkylation sites (tertiary alicyclic amines) is 1. The fourth-order valence-electron chi connectivity index (χ4n) is 4.81. The molecule has 1 saturated carbocycles. The number of ether oxygens (including phenoxy) is 2.